The van der Waals surface area contributed by atoms with Crippen molar-refractivity contribution < 1.29 is 22.7 Å². The maximum absolute atomic E-state index is 13.4. The van der Waals surface area contributed by atoms with E-state index in [0.717, 1.165) is 0 Å². The molecular formula is C21H31N3O5S. The molecule has 0 radical (unpaired) electrons. The highest BCUT2D eigenvalue weighted by Crippen LogP contribution is 2.36. The molecule has 2 atom stereocenters. The molecule has 2 aliphatic rings. The number of nitrogens with zero attached hydrogens (tertiary/aromatic N) is 1. The van der Waals surface area contributed by atoms with Gasteiger partial charge in [0.05, 0.1) is 16.5 Å². The summed E-state index contributed by atoms with van der Waals surface area (Å²) in [5.41, 5.74) is 0.626. The quantitative estimate of drug-likeness (QED) is 0.753. The van der Waals surface area contributed by atoms with Crippen molar-refractivity contribution in [2.45, 2.75) is 70.4 Å². The zero-order valence-electron chi connectivity index (χ0n) is 18.2. The van der Waals surface area contributed by atoms with Crippen LogP contribution >= 0.6 is 0 Å². The fourth-order valence-corrected chi connectivity index (χ4v) is 5.56. The van der Waals surface area contributed by atoms with Crippen LogP contribution in [0.25, 0.3) is 0 Å². The highest BCUT2D eigenvalue weighted by Gasteiger charge is 2.36. The van der Waals surface area contributed by atoms with Crippen LogP contribution in [0.2, 0.25) is 0 Å². The summed E-state index contributed by atoms with van der Waals surface area (Å²) in [4.78, 5) is 24.8. The molecule has 2 N–H and O–H groups in total. The minimum Gasteiger partial charge on any atom is -0.478 e. The Hall–Kier alpha value is -2.13. The van der Waals surface area contributed by atoms with E-state index in [1.165, 1.54) is 10.4 Å². The number of ether oxygens (including phenoxy) is 1. The molecule has 30 heavy (non-hydrogen) atoms. The lowest BCUT2D eigenvalue weighted by Crippen LogP contribution is -2.49. The molecular weight excluding hydrogens is 406 g/mol. The van der Waals surface area contributed by atoms with Gasteiger partial charge in [-0.15, -0.1) is 0 Å². The molecule has 2 aliphatic heterocycles. The van der Waals surface area contributed by atoms with E-state index in [1.807, 2.05) is 27.7 Å². The number of hydrogen-bond acceptors (Lipinski definition) is 5. The molecule has 0 saturated carbocycles. The fourth-order valence-electron chi connectivity index (χ4n) is 3.82. The second kappa shape index (κ2) is 8.19. The second-order valence-corrected chi connectivity index (χ2v) is 11.0. The summed E-state index contributed by atoms with van der Waals surface area (Å²) >= 11 is 0. The third-order valence-corrected chi connectivity index (χ3v) is 7.35. The summed E-state index contributed by atoms with van der Waals surface area (Å²) in [5.74, 6) is -0.388. The molecule has 1 fully saturated rings. The molecule has 0 spiro atoms. The van der Waals surface area contributed by atoms with Crippen LogP contribution in [-0.2, 0) is 19.6 Å². The van der Waals surface area contributed by atoms with Crippen LogP contribution in [0.3, 0.4) is 0 Å². The third kappa shape index (κ3) is 4.62. The van der Waals surface area contributed by atoms with Crippen LogP contribution in [0, 0.1) is 12.8 Å². The predicted molar refractivity (Wildman–Crippen MR) is 114 cm³/mol. The van der Waals surface area contributed by atoms with Crippen molar-refractivity contribution in [2.75, 3.05) is 18.4 Å². The number of rotatable bonds is 4. The van der Waals surface area contributed by atoms with Crippen LogP contribution in [0.15, 0.2) is 17.0 Å². The minimum absolute atomic E-state index is 0.124. The topological polar surface area (TPSA) is 105 Å². The van der Waals surface area contributed by atoms with E-state index in [0.29, 0.717) is 42.8 Å². The fraction of sp³-hybridized carbons (Fsp3) is 0.619. The van der Waals surface area contributed by atoms with Crippen LogP contribution in [0.4, 0.5) is 5.69 Å². The number of fused-ring (bicyclic) bond motifs is 1. The Balaban J connectivity index is 1.86. The van der Waals surface area contributed by atoms with E-state index in [9.17, 15) is 18.0 Å². The van der Waals surface area contributed by atoms with Gasteiger partial charge in [0.1, 0.15) is 5.75 Å². The molecule has 1 saturated heterocycles. The van der Waals surface area contributed by atoms with E-state index in [-0.39, 0.29) is 34.7 Å². The van der Waals surface area contributed by atoms with Gasteiger partial charge in [-0.1, -0.05) is 6.92 Å². The van der Waals surface area contributed by atoms with Crippen LogP contribution in [0.5, 0.6) is 5.75 Å². The summed E-state index contributed by atoms with van der Waals surface area (Å²) < 4.78 is 33.9. The van der Waals surface area contributed by atoms with Gasteiger partial charge in [0.2, 0.25) is 15.9 Å². The molecule has 9 heteroatoms. The number of anilines is 1. The average molecular weight is 438 g/mol. The van der Waals surface area contributed by atoms with Gasteiger partial charge in [-0.25, -0.2) is 8.42 Å². The number of benzene rings is 1. The van der Waals surface area contributed by atoms with Gasteiger partial charge in [-0.3, -0.25) is 9.59 Å². The summed E-state index contributed by atoms with van der Waals surface area (Å²) in [5, 5.41) is 5.73. The Bertz CT molecular complexity index is 952. The van der Waals surface area contributed by atoms with Gasteiger partial charge in [0.25, 0.3) is 5.91 Å². The number of piperidine rings is 1. The average Bonchev–Trinajstić information content (AvgIpc) is 2.65. The van der Waals surface area contributed by atoms with Crippen LogP contribution in [0.1, 0.15) is 52.5 Å². The van der Waals surface area contributed by atoms with Crippen molar-refractivity contribution in [3.05, 3.63) is 17.7 Å². The number of aryl methyl sites for hydroxylation is 1. The molecule has 2 amide bonds. The molecule has 166 valence electrons. The van der Waals surface area contributed by atoms with Crippen molar-refractivity contribution >= 4 is 27.5 Å². The number of sulfonamides is 1. The Labute approximate surface area is 178 Å². The zero-order chi connectivity index (χ0) is 22.3. The highest BCUT2D eigenvalue weighted by atomic mass is 32.2. The molecule has 2 heterocycles. The number of carbonyl (C=O) groups excluding carboxylic acids is 2. The van der Waals surface area contributed by atoms with E-state index in [4.69, 9.17) is 4.74 Å². The van der Waals surface area contributed by atoms with E-state index < -0.39 is 16.1 Å². The van der Waals surface area contributed by atoms with E-state index in [1.54, 1.807) is 13.0 Å². The summed E-state index contributed by atoms with van der Waals surface area (Å²) in [6.07, 6.45) is 1.12. The Kier molecular flexibility index (Phi) is 6.15. The van der Waals surface area contributed by atoms with Gasteiger partial charge >= 0.3 is 0 Å². The number of hydrogen-bond donors (Lipinski definition) is 2. The Morgan fingerprint density at radius 1 is 1.33 bits per heavy atom. The largest absolute Gasteiger partial charge is 0.478 e. The van der Waals surface area contributed by atoms with Gasteiger partial charge in [0.15, 0.2) is 6.10 Å². The SMILES string of the molecule is CC[C@@H]1Oc2cc(S(=O)(=O)N3CCC[C@@H](C(=O)NC(C)(C)C)C3)c(C)cc2NC1=O. The molecule has 3 rings (SSSR count). The summed E-state index contributed by atoms with van der Waals surface area (Å²) in [6, 6.07) is 3.11. The van der Waals surface area contributed by atoms with Gasteiger partial charge < -0.3 is 15.4 Å². The first-order valence-electron chi connectivity index (χ1n) is 10.4. The maximum atomic E-state index is 13.4. The lowest BCUT2D eigenvalue weighted by Gasteiger charge is -2.33. The van der Waals surface area contributed by atoms with Crippen molar-refractivity contribution in [1.82, 2.24) is 9.62 Å². The summed E-state index contributed by atoms with van der Waals surface area (Å²) in [6.45, 7) is 9.75. The molecule has 0 bridgehead atoms. The van der Waals surface area contributed by atoms with Crippen LogP contribution in [-0.4, -0.2) is 49.3 Å². The molecule has 1 aromatic rings. The van der Waals surface area contributed by atoms with Gasteiger partial charge in [-0.05, 0) is 58.6 Å². The van der Waals surface area contributed by atoms with Crippen molar-refractivity contribution in [1.29, 1.82) is 0 Å². The molecule has 0 aromatic heterocycles. The first kappa shape index (κ1) is 22.6. The zero-order valence-corrected chi connectivity index (χ0v) is 19.1. The van der Waals surface area contributed by atoms with Crippen molar-refractivity contribution in [3.8, 4) is 5.75 Å². The molecule has 0 aliphatic carbocycles. The van der Waals surface area contributed by atoms with Gasteiger partial charge in [-0.2, -0.15) is 4.31 Å². The Morgan fingerprint density at radius 2 is 2.03 bits per heavy atom. The molecule has 1 aromatic carbocycles. The third-order valence-electron chi connectivity index (χ3n) is 5.34. The standard InChI is InChI=1S/C21H31N3O5S/c1-6-16-20(26)22-15-10-13(2)18(11-17(15)29-16)30(27,28)24-9-7-8-14(12-24)19(25)23-21(3,4)5/h10-11,14,16H,6-9,12H2,1-5H3,(H,22,26)(H,23,25)/t14-,16+/m1/s1. The van der Waals surface area contributed by atoms with Gasteiger partial charge in [0, 0.05) is 24.7 Å². The number of amides is 2. The number of nitrogens with one attached hydrogen (secondary N) is 2. The van der Waals surface area contributed by atoms with Crippen molar-refractivity contribution in [3.63, 3.8) is 0 Å². The highest BCUT2D eigenvalue weighted by molar-refractivity contribution is 7.89. The lowest BCUT2D eigenvalue weighted by molar-refractivity contribution is -0.127. The first-order chi connectivity index (χ1) is 13.9. The minimum atomic E-state index is -3.81. The molecule has 8 nitrogen and oxygen atoms in total. The summed E-state index contributed by atoms with van der Waals surface area (Å²) in [7, 11) is -3.81. The van der Waals surface area contributed by atoms with Crippen molar-refractivity contribution in [2.24, 2.45) is 5.92 Å². The number of carbonyl (C=O) groups is 2. The lowest BCUT2D eigenvalue weighted by atomic mass is 9.97. The monoisotopic (exact) mass is 437 g/mol. The van der Waals surface area contributed by atoms with E-state index >= 15 is 0 Å². The molecule has 0 unspecified atom stereocenters. The predicted octanol–water partition coefficient (Wildman–Crippen LogP) is 2.42. The Morgan fingerprint density at radius 3 is 2.67 bits per heavy atom. The van der Waals surface area contributed by atoms with E-state index in [2.05, 4.69) is 10.6 Å². The maximum Gasteiger partial charge on any atom is 0.265 e. The van der Waals surface area contributed by atoms with Crippen LogP contribution < -0.4 is 15.4 Å². The second-order valence-electron chi connectivity index (χ2n) is 9.06. The smallest absolute Gasteiger partial charge is 0.265 e. The normalized spacial score (nSPS) is 22.6. The first-order valence-corrected chi connectivity index (χ1v) is 11.8.